The number of piperazine rings is 1. The summed E-state index contributed by atoms with van der Waals surface area (Å²) in [6.07, 6.45) is 0. The summed E-state index contributed by atoms with van der Waals surface area (Å²) in [4.78, 5) is 5.14. The molecule has 0 aromatic heterocycles. The lowest BCUT2D eigenvalue weighted by atomic mass is 10.0. The van der Waals surface area contributed by atoms with E-state index in [1.807, 2.05) is 25.1 Å². The van der Waals surface area contributed by atoms with Crippen LogP contribution >= 0.6 is 0 Å². The lowest BCUT2D eigenvalue weighted by Gasteiger charge is -2.32. The first kappa shape index (κ1) is 13.8. The van der Waals surface area contributed by atoms with Crippen molar-refractivity contribution in [1.29, 1.82) is 0 Å². The van der Waals surface area contributed by atoms with Crippen molar-refractivity contribution in [2.45, 2.75) is 11.8 Å². The largest absolute Gasteiger partial charge is 0.304 e. The molecule has 5 heteroatoms. The Morgan fingerprint density at radius 1 is 1.15 bits per heavy atom. The molecule has 0 aliphatic carbocycles. The Balaban J connectivity index is 1.88. The molecule has 0 saturated carbocycles. The SMILES string of the molecule is Cc1cccc2c1S(=O)(=O)C=C2CN1CCN(C)CC1. The van der Waals surface area contributed by atoms with Gasteiger partial charge < -0.3 is 4.90 Å². The van der Waals surface area contributed by atoms with Gasteiger partial charge in [0.15, 0.2) is 0 Å². The van der Waals surface area contributed by atoms with Gasteiger partial charge in [0.25, 0.3) is 0 Å². The smallest absolute Gasteiger partial charge is 0.201 e. The molecule has 2 aliphatic heterocycles. The third-order valence-corrected chi connectivity index (χ3v) is 5.84. The van der Waals surface area contributed by atoms with Gasteiger partial charge >= 0.3 is 0 Å². The van der Waals surface area contributed by atoms with Gasteiger partial charge in [-0.15, -0.1) is 0 Å². The number of hydrogen-bond donors (Lipinski definition) is 0. The zero-order chi connectivity index (χ0) is 14.3. The van der Waals surface area contributed by atoms with Crippen LogP contribution in [0.1, 0.15) is 11.1 Å². The van der Waals surface area contributed by atoms with Crippen LogP contribution in [0.25, 0.3) is 5.57 Å². The van der Waals surface area contributed by atoms with Crippen molar-refractivity contribution in [3.63, 3.8) is 0 Å². The Morgan fingerprint density at radius 2 is 1.85 bits per heavy atom. The summed E-state index contributed by atoms with van der Waals surface area (Å²) in [5.41, 5.74) is 2.67. The summed E-state index contributed by atoms with van der Waals surface area (Å²) in [5, 5.41) is 1.46. The van der Waals surface area contributed by atoms with Gasteiger partial charge in [0.2, 0.25) is 9.84 Å². The number of nitrogens with zero attached hydrogens (tertiary/aromatic N) is 2. The van der Waals surface area contributed by atoms with E-state index >= 15 is 0 Å². The van der Waals surface area contributed by atoms with Gasteiger partial charge in [0.1, 0.15) is 0 Å². The normalized spacial score (nSPS) is 22.6. The average Bonchev–Trinajstić information content (AvgIpc) is 2.65. The molecule has 2 aliphatic rings. The van der Waals surface area contributed by atoms with Crippen LogP contribution in [-0.2, 0) is 9.84 Å². The van der Waals surface area contributed by atoms with Crippen LogP contribution in [0.4, 0.5) is 0 Å². The monoisotopic (exact) mass is 292 g/mol. The first-order valence-electron chi connectivity index (χ1n) is 6.94. The molecular weight excluding hydrogens is 272 g/mol. The first-order chi connectivity index (χ1) is 9.47. The summed E-state index contributed by atoms with van der Waals surface area (Å²) in [5.74, 6) is 0. The Bertz CT molecular complexity index is 656. The predicted octanol–water partition coefficient (Wildman–Crippen LogP) is 1.37. The fourth-order valence-electron chi connectivity index (χ4n) is 2.96. The first-order valence-corrected chi connectivity index (χ1v) is 8.48. The highest BCUT2D eigenvalue weighted by atomic mass is 32.2. The molecule has 1 aromatic rings. The van der Waals surface area contributed by atoms with Gasteiger partial charge in [0, 0.05) is 38.1 Å². The third-order valence-electron chi connectivity index (χ3n) is 4.13. The van der Waals surface area contributed by atoms with Crippen LogP contribution in [0.3, 0.4) is 0 Å². The minimum absolute atomic E-state index is 0.504. The van der Waals surface area contributed by atoms with E-state index < -0.39 is 9.84 Å². The maximum absolute atomic E-state index is 12.3. The molecule has 4 nitrogen and oxygen atoms in total. The Kier molecular flexibility index (Phi) is 3.44. The van der Waals surface area contributed by atoms with Gasteiger partial charge in [-0.3, -0.25) is 4.90 Å². The molecule has 3 rings (SSSR count). The fourth-order valence-corrected chi connectivity index (χ4v) is 4.68. The van der Waals surface area contributed by atoms with E-state index in [2.05, 4.69) is 16.8 Å². The molecule has 0 N–H and O–H groups in total. The number of likely N-dealkylation sites (N-methyl/N-ethyl adjacent to an activating group) is 1. The molecule has 0 amide bonds. The van der Waals surface area contributed by atoms with Gasteiger partial charge in [-0.2, -0.15) is 0 Å². The predicted molar refractivity (Wildman–Crippen MR) is 80.3 cm³/mol. The molecule has 1 fully saturated rings. The van der Waals surface area contributed by atoms with E-state index in [0.717, 1.165) is 49.4 Å². The molecule has 0 radical (unpaired) electrons. The minimum atomic E-state index is -3.25. The molecule has 20 heavy (non-hydrogen) atoms. The highest BCUT2D eigenvalue weighted by molar-refractivity contribution is 7.95. The molecule has 1 saturated heterocycles. The van der Waals surface area contributed by atoms with E-state index in [1.54, 1.807) is 0 Å². The summed E-state index contributed by atoms with van der Waals surface area (Å²) in [6.45, 7) is 6.66. The van der Waals surface area contributed by atoms with Crippen LogP contribution < -0.4 is 0 Å². The van der Waals surface area contributed by atoms with Gasteiger partial charge in [0.05, 0.1) is 4.90 Å². The van der Waals surface area contributed by atoms with Crippen LogP contribution in [-0.4, -0.2) is 58.0 Å². The van der Waals surface area contributed by atoms with Crippen LogP contribution in [0.2, 0.25) is 0 Å². The van der Waals surface area contributed by atoms with E-state index in [9.17, 15) is 8.42 Å². The maximum atomic E-state index is 12.3. The summed E-state index contributed by atoms with van der Waals surface area (Å²) >= 11 is 0. The van der Waals surface area contributed by atoms with Gasteiger partial charge in [-0.25, -0.2) is 8.42 Å². The zero-order valence-corrected chi connectivity index (χ0v) is 12.8. The minimum Gasteiger partial charge on any atom is -0.304 e. The Hall–Kier alpha value is -1.17. The van der Waals surface area contributed by atoms with Crippen molar-refractivity contribution in [1.82, 2.24) is 9.80 Å². The molecule has 0 spiro atoms. The van der Waals surface area contributed by atoms with Crippen molar-refractivity contribution < 1.29 is 8.42 Å². The number of benzene rings is 1. The number of sulfone groups is 1. The van der Waals surface area contributed by atoms with Crippen molar-refractivity contribution in [3.8, 4) is 0 Å². The van der Waals surface area contributed by atoms with E-state index in [-0.39, 0.29) is 0 Å². The molecule has 2 heterocycles. The number of aryl methyl sites for hydroxylation is 1. The molecule has 0 unspecified atom stereocenters. The zero-order valence-electron chi connectivity index (χ0n) is 12.0. The van der Waals surface area contributed by atoms with Gasteiger partial charge in [-0.1, -0.05) is 18.2 Å². The molecule has 0 bridgehead atoms. The molecule has 0 atom stereocenters. The second-order valence-electron chi connectivity index (χ2n) is 5.72. The Labute approximate surface area is 120 Å². The van der Waals surface area contributed by atoms with Crippen molar-refractivity contribution >= 4 is 15.4 Å². The highest BCUT2D eigenvalue weighted by Crippen LogP contribution is 2.35. The van der Waals surface area contributed by atoms with E-state index in [0.29, 0.717) is 4.90 Å². The number of hydrogen-bond acceptors (Lipinski definition) is 4. The van der Waals surface area contributed by atoms with Crippen molar-refractivity contribution in [2.24, 2.45) is 0 Å². The topological polar surface area (TPSA) is 40.6 Å². The van der Waals surface area contributed by atoms with Crippen molar-refractivity contribution in [3.05, 3.63) is 34.7 Å². The maximum Gasteiger partial charge on any atom is 0.201 e. The van der Waals surface area contributed by atoms with Crippen LogP contribution in [0, 0.1) is 6.92 Å². The lowest BCUT2D eigenvalue weighted by Crippen LogP contribution is -2.44. The summed E-state index contributed by atoms with van der Waals surface area (Å²) in [7, 11) is -1.13. The summed E-state index contributed by atoms with van der Waals surface area (Å²) < 4.78 is 24.5. The molecular formula is C15H20N2O2S. The van der Waals surface area contributed by atoms with E-state index in [4.69, 9.17) is 0 Å². The van der Waals surface area contributed by atoms with E-state index in [1.165, 1.54) is 5.41 Å². The fraction of sp³-hybridized carbons (Fsp3) is 0.467. The second-order valence-corrected chi connectivity index (χ2v) is 7.45. The molecule has 1 aromatic carbocycles. The quantitative estimate of drug-likeness (QED) is 0.825. The Morgan fingerprint density at radius 3 is 2.55 bits per heavy atom. The van der Waals surface area contributed by atoms with Crippen LogP contribution in [0.15, 0.2) is 28.5 Å². The number of fused-ring (bicyclic) bond motifs is 1. The third kappa shape index (κ3) is 2.41. The average molecular weight is 292 g/mol. The standard InChI is InChI=1S/C15H20N2O2S/c1-12-4-3-5-14-13(11-20(18,19)15(12)14)10-17-8-6-16(2)7-9-17/h3-5,11H,6-10H2,1-2H3. The highest BCUT2D eigenvalue weighted by Gasteiger charge is 2.29. The molecule has 108 valence electrons. The number of rotatable bonds is 2. The van der Waals surface area contributed by atoms with Crippen molar-refractivity contribution in [2.75, 3.05) is 39.8 Å². The lowest BCUT2D eigenvalue weighted by molar-refractivity contribution is 0.168. The second kappa shape index (κ2) is 4.98. The van der Waals surface area contributed by atoms with Gasteiger partial charge in [-0.05, 0) is 30.7 Å². The summed E-state index contributed by atoms with van der Waals surface area (Å²) in [6, 6.07) is 5.73. The van der Waals surface area contributed by atoms with Crippen LogP contribution in [0.5, 0.6) is 0 Å².